The van der Waals surface area contributed by atoms with Crippen LogP contribution in [-0.2, 0) is 19.2 Å². The van der Waals surface area contributed by atoms with Crippen LogP contribution in [-0.4, -0.2) is 82.7 Å². The number of piperazine rings is 1. The first-order valence-electron chi connectivity index (χ1n) is 12.0. The number of hydrogen-bond donors (Lipinski definition) is 0. The predicted octanol–water partition coefficient (Wildman–Crippen LogP) is 0.133. The molecule has 3 aliphatic heterocycles. The third-order valence-corrected chi connectivity index (χ3v) is 9.27. The van der Waals surface area contributed by atoms with Crippen molar-refractivity contribution in [1.82, 2.24) is 19.6 Å². The SMILES string of the molecule is O=C1[C@@H]2[C@H](C(=O)N1CN1CCN(CN3C(=O)[C@@H]4[C@H](C3=O)[C@H]3C=C[C@H]4C3)CC1)[C@@H]1C=C[C@H]2C1. The fourth-order valence-corrected chi connectivity index (χ4v) is 7.68. The van der Waals surface area contributed by atoms with Gasteiger partial charge in [-0.15, -0.1) is 0 Å². The van der Waals surface area contributed by atoms with Gasteiger partial charge in [-0.3, -0.25) is 38.8 Å². The third kappa shape index (κ3) is 2.45. The van der Waals surface area contributed by atoms with E-state index in [4.69, 9.17) is 0 Å². The summed E-state index contributed by atoms with van der Waals surface area (Å²) < 4.78 is 0. The van der Waals surface area contributed by atoms with E-state index < -0.39 is 0 Å². The molecule has 7 aliphatic rings. The molecule has 0 unspecified atom stereocenters. The summed E-state index contributed by atoms with van der Waals surface area (Å²) in [5, 5.41) is 0. The number of imide groups is 2. The topological polar surface area (TPSA) is 81.2 Å². The van der Waals surface area contributed by atoms with Crippen molar-refractivity contribution in [1.29, 1.82) is 0 Å². The lowest BCUT2D eigenvalue weighted by Gasteiger charge is -2.37. The molecule has 168 valence electrons. The fourth-order valence-electron chi connectivity index (χ4n) is 7.68. The molecule has 0 aromatic rings. The molecule has 0 aromatic carbocycles. The molecule has 5 fully saturated rings. The Morgan fingerprint density at radius 2 is 0.812 bits per heavy atom. The predicted molar refractivity (Wildman–Crippen MR) is 112 cm³/mol. The molecule has 4 aliphatic carbocycles. The fraction of sp³-hybridized carbons (Fsp3) is 0.667. The average Bonchev–Trinajstić information content (AvgIpc) is 3.62. The molecule has 3 saturated heterocycles. The number of amides is 4. The van der Waals surface area contributed by atoms with Gasteiger partial charge in [-0.05, 0) is 36.5 Å². The van der Waals surface area contributed by atoms with E-state index in [0.29, 0.717) is 39.5 Å². The summed E-state index contributed by atoms with van der Waals surface area (Å²) in [7, 11) is 0. The molecular weight excluding hydrogens is 408 g/mol. The van der Waals surface area contributed by atoms with Gasteiger partial charge in [-0.25, -0.2) is 0 Å². The Labute approximate surface area is 186 Å². The van der Waals surface area contributed by atoms with Gasteiger partial charge in [0.2, 0.25) is 23.6 Å². The number of hydrogen-bond acceptors (Lipinski definition) is 6. The van der Waals surface area contributed by atoms with Gasteiger partial charge in [0.15, 0.2) is 0 Å². The van der Waals surface area contributed by atoms with Gasteiger partial charge in [0, 0.05) is 26.2 Å². The van der Waals surface area contributed by atoms with E-state index in [2.05, 4.69) is 34.1 Å². The third-order valence-electron chi connectivity index (χ3n) is 9.27. The van der Waals surface area contributed by atoms with Gasteiger partial charge in [0.25, 0.3) is 0 Å². The zero-order valence-electron chi connectivity index (χ0n) is 18.0. The zero-order valence-corrected chi connectivity index (χ0v) is 18.0. The summed E-state index contributed by atoms with van der Waals surface area (Å²) in [5.74, 6) is 0.394. The van der Waals surface area contributed by atoms with E-state index >= 15 is 0 Å². The summed E-state index contributed by atoms with van der Waals surface area (Å²) in [6, 6.07) is 0. The van der Waals surface area contributed by atoms with Crippen LogP contribution < -0.4 is 0 Å². The van der Waals surface area contributed by atoms with E-state index in [9.17, 15) is 19.2 Å². The van der Waals surface area contributed by atoms with Crippen LogP contribution in [0.25, 0.3) is 0 Å². The first-order chi connectivity index (χ1) is 15.5. The average molecular weight is 437 g/mol. The van der Waals surface area contributed by atoms with Crippen molar-refractivity contribution >= 4 is 23.6 Å². The van der Waals surface area contributed by atoms with Gasteiger partial charge in [0.05, 0.1) is 37.0 Å². The molecule has 3 heterocycles. The Morgan fingerprint density at radius 3 is 1.09 bits per heavy atom. The molecule has 7 rings (SSSR count). The number of likely N-dealkylation sites (tertiary alicyclic amines) is 2. The minimum atomic E-state index is -0.143. The van der Waals surface area contributed by atoms with Crippen LogP contribution in [0.2, 0.25) is 0 Å². The molecule has 0 radical (unpaired) electrons. The van der Waals surface area contributed by atoms with Gasteiger partial charge in [0.1, 0.15) is 0 Å². The quantitative estimate of drug-likeness (QED) is 0.461. The van der Waals surface area contributed by atoms with Crippen molar-refractivity contribution in [3.8, 4) is 0 Å². The maximum Gasteiger partial charge on any atom is 0.234 e. The molecule has 8 atom stereocenters. The normalized spacial score (nSPS) is 44.6. The smallest absolute Gasteiger partial charge is 0.234 e. The Kier molecular flexibility index (Phi) is 3.96. The highest BCUT2D eigenvalue weighted by Crippen LogP contribution is 2.53. The van der Waals surface area contributed by atoms with E-state index in [1.807, 2.05) is 0 Å². The molecule has 4 bridgehead atoms. The lowest BCUT2D eigenvalue weighted by atomic mass is 9.85. The van der Waals surface area contributed by atoms with Crippen LogP contribution in [0.5, 0.6) is 0 Å². The number of allylic oxidation sites excluding steroid dienone is 4. The summed E-state index contributed by atoms with van der Waals surface area (Å²) in [4.78, 5) is 59.0. The Morgan fingerprint density at radius 1 is 0.531 bits per heavy atom. The minimum Gasteiger partial charge on any atom is -0.283 e. The van der Waals surface area contributed by atoms with Crippen molar-refractivity contribution in [3.63, 3.8) is 0 Å². The van der Waals surface area contributed by atoms with Crippen LogP contribution in [0.4, 0.5) is 0 Å². The number of nitrogens with zero attached hydrogens (tertiary/aromatic N) is 4. The van der Waals surface area contributed by atoms with Gasteiger partial charge in [-0.1, -0.05) is 24.3 Å². The number of rotatable bonds is 4. The van der Waals surface area contributed by atoms with Crippen molar-refractivity contribution in [2.75, 3.05) is 39.5 Å². The summed E-state index contributed by atoms with van der Waals surface area (Å²) in [6.07, 6.45) is 10.4. The van der Waals surface area contributed by atoms with Gasteiger partial charge >= 0.3 is 0 Å². The van der Waals surface area contributed by atoms with Crippen LogP contribution in [0, 0.1) is 47.3 Å². The molecule has 8 nitrogen and oxygen atoms in total. The summed E-state index contributed by atoms with van der Waals surface area (Å²) in [6.45, 7) is 3.58. The molecule has 0 N–H and O–H groups in total. The van der Waals surface area contributed by atoms with Gasteiger partial charge < -0.3 is 0 Å². The monoisotopic (exact) mass is 436 g/mol. The zero-order chi connectivity index (χ0) is 21.7. The van der Waals surface area contributed by atoms with Gasteiger partial charge in [-0.2, -0.15) is 0 Å². The van der Waals surface area contributed by atoms with Crippen molar-refractivity contribution in [2.24, 2.45) is 47.3 Å². The number of fused-ring (bicyclic) bond motifs is 10. The Balaban J connectivity index is 0.956. The molecule has 4 amide bonds. The largest absolute Gasteiger partial charge is 0.283 e. The molecule has 2 saturated carbocycles. The van der Waals surface area contributed by atoms with Crippen molar-refractivity contribution in [2.45, 2.75) is 12.8 Å². The molecule has 32 heavy (non-hydrogen) atoms. The highest BCUT2D eigenvalue weighted by Gasteiger charge is 2.60. The van der Waals surface area contributed by atoms with Crippen molar-refractivity contribution in [3.05, 3.63) is 24.3 Å². The maximum atomic E-state index is 12.9. The Hall–Kier alpha value is -2.32. The Bertz CT molecular complexity index is 844. The second kappa shape index (κ2) is 6.60. The minimum absolute atomic E-state index is 0.00215. The first-order valence-corrected chi connectivity index (χ1v) is 12.0. The second-order valence-electron chi connectivity index (χ2n) is 10.7. The molecule has 0 spiro atoms. The molecule has 8 heteroatoms. The van der Waals surface area contributed by atoms with Crippen molar-refractivity contribution < 1.29 is 19.2 Å². The molecular formula is C24H28N4O4. The van der Waals surface area contributed by atoms with E-state index in [-0.39, 0.29) is 71.0 Å². The standard InChI is InChI=1S/C24H28N4O4/c29-21-17-13-1-2-14(9-13)18(17)22(30)27(21)11-25-5-7-26(8-6-25)12-28-23(31)19-15-3-4-16(10-15)20(19)24(28)32/h1-4,13-20H,5-12H2/t13-,14-,15-,16+,17-,18+,19-,20+/m0/s1. The maximum absolute atomic E-state index is 12.9. The summed E-state index contributed by atoms with van der Waals surface area (Å²) in [5.41, 5.74) is 0. The van der Waals surface area contributed by atoms with Crippen LogP contribution in [0.1, 0.15) is 12.8 Å². The van der Waals surface area contributed by atoms with Crippen LogP contribution in [0.15, 0.2) is 24.3 Å². The summed E-state index contributed by atoms with van der Waals surface area (Å²) >= 11 is 0. The first kappa shape index (κ1) is 19.2. The lowest BCUT2D eigenvalue weighted by molar-refractivity contribution is -0.146. The highest BCUT2D eigenvalue weighted by molar-refractivity contribution is 6.07. The molecule has 0 aromatic heterocycles. The van der Waals surface area contributed by atoms with E-state index in [1.54, 1.807) is 0 Å². The lowest BCUT2D eigenvalue weighted by Crippen LogP contribution is -2.54. The van der Waals surface area contributed by atoms with Crippen LogP contribution >= 0.6 is 0 Å². The van der Waals surface area contributed by atoms with E-state index in [0.717, 1.165) is 12.8 Å². The van der Waals surface area contributed by atoms with Crippen LogP contribution in [0.3, 0.4) is 0 Å². The number of carbonyl (C=O) groups is 4. The van der Waals surface area contributed by atoms with E-state index in [1.165, 1.54) is 9.80 Å². The highest BCUT2D eigenvalue weighted by atomic mass is 16.2. The second-order valence-corrected chi connectivity index (χ2v) is 10.7. The number of carbonyl (C=O) groups excluding carboxylic acids is 4.